The van der Waals surface area contributed by atoms with Crippen molar-refractivity contribution < 1.29 is 14.3 Å². The SMILES string of the molecule is CCC(=O)N1CCN(C(=O)c2cn(-c3ccccc3)nc2-c2ccccc2OC)CC1. The molecule has 2 amide bonds. The fraction of sp³-hybridized carbons (Fsp3) is 0.292. The highest BCUT2D eigenvalue weighted by molar-refractivity contribution is 6.00. The third-order valence-corrected chi connectivity index (χ3v) is 5.55. The summed E-state index contributed by atoms with van der Waals surface area (Å²) in [6.45, 7) is 3.97. The Kier molecular flexibility index (Phi) is 6.02. The fourth-order valence-electron chi connectivity index (χ4n) is 3.84. The molecule has 1 aromatic heterocycles. The van der Waals surface area contributed by atoms with E-state index in [1.54, 1.807) is 22.9 Å². The first-order valence-corrected chi connectivity index (χ1v) is 10.5. The van der Waals surface area contributed by atoms with Crippen molar-refractivity contribution in [3.63, 3.8) is 0 Å². The highest BCUT2D eigenvalue weighted by atomic mass is 16.5. The molecule has 0 bridgehead atoms. The number of carbonyl (C=O) groups is 2. The molecule has 1 fully saturated rings. The Balaban J connectivity index is 1.70. The molecule has 7 nitrogen and oxygen atoms in total. The standard InChI is InChI=1S/C24H26N4O3/c1-3-22(29)26-13-15-27(16-14-26)24(30)20-17-28(18-9-5-4-6-10-18)25-23(20)19-11-7-8-12-21(19)31-2/h4-12,17H,3,13-16H2,1-2H3. The summed E-state index contributed by atoms with van der Waals surface area (Å²) < 4.78 is 7.26. The zero-order valence-electron chi connectivity index (χ0n) is 17.8. The second-order valence-electron chi connectivity index (χ2n) is 7.40. The molecule has 2 aromatic carbocycles. The first kappa shape index (κ1) is 20.7. The average Bonchev–Trinajstić information content (AvgIpc) is 3.29. The quantitative estimate of drug-likeness (QED) is 0.638. The van der Waals surface area contributed by atoms with E-state index in [-0.39, 0.29) is 11.8 Å². The molecule has 0 N–H and O–H groups in total. The number of amides is 2. The zero-order valence-corrected chi connectivity index (χ0v) is 17.8. The van der Waals surface area contributed by atoms with Gasteiger partial charge in [-0.1, -0.05) is 37.3 Å². The molecule has 160 valence electrons. The van der Waals surface area contributed by atoms with Gasteiger partial charge in [-0.05, 0) is 24.3 Å². The second kappa shape index (κ2) is 9.04. The first-order valence-electron chi connectivity index (χ1n) is 10.5. The lowest BCUT2D eigenvalue weighted by Crippen LogP contribution is -2.50. The zero-order chi connectivity index (χ0) is 21.8. The van der Waals surface area contributed by atoms with Crippen LogP contribution in [0.15, 0.2) is 60.8 Å². The third-order valence-electron chi connectivity index (χ3n) is 5.55. The Morgan fingerprint density at radius 1 is 0.935 bits per heavy atom. The van der Waals surface area contributed by atoms with Gasteiger partial charge in [-0.2, -0.15) is 5.10 Å². The molecule has 0 unspecified atom stereocenters. The molecule has 1 aliphatic heterocycles. The molecule has 0 spiro atoms. The van der Waals surface area contributed by atoms with E-state index in [0.717, 1.165) is 11.3 Å². The number of ether oxygens (including phenoxy) is 1. The minimum atomic E-state index is -0.0910. The van der Waals surface area contributed by atoms with Gasteiger partial charge < -0.3 is 14.5 Å². The Morgan fingerprint density at radius 3 is 2.26 bits per heavy atom. The van der Waals surface area contributed by atoms with Crippen LogP contribution in [0.4, 0.5) is 0 Å². The Hall–Kier alpha value is -3.61. The molecule has 1 aliphatic rings. The van der Waals surface area contributed by atoms with Gasteiger partial charge in [0.25, 0.3) is 5.91 Å². The molecular weight excluding hydrogens is 392 g/mol. The molecule has 0 aliphatic carbocycles. The molecule has 7 heteroatoms. The monoisotopic (exact) mass is 418 g/mol. The lowest BCUT2D eigenvalue weighted by molar-refractivity contribution is -0.132. The van der Waals surface area contributed by atoms with Gasteiger partial charge in [-0.3, -0.25) is 9.59 Å². The summed E-state index contributed by atoms with van der Waals surface area (Å²) in [6.07, 6.45) is 2.26. The summed E-state index contributed by atoms with van der Waals surface area (Å²) in [5.74, 6) is 0.693. The maximum atomic E-state index is 13.5. The minimum absolute atomic E-state index is 0.0910. The van der Waals surface area contributed by atoms with Gasteiger partial charge in [0.15, 0.2) is 0 Å². The smallest absolute Gasteiger partial charge is 0.257 e. The Bertz CT molecular complexity index is 1070. The van der Waals surface area contributed by atoms with Crippen molar-refractivity contribution >= 4 is 11.8 Å². The molecular formula is C24H26N4O3. The first-order chi connectivity index (χ1) is 15.1. The summed E-state index contributed by atoms with van der Waals surface area (Å²) >= 11 is 0. The van der Waals surface area contributed by atoms with Gasteiger partial charge in [0.1, 0.15) is 11.4 Å². The Labute approximate surface area is 181 Å². The van der Waals surface area contributed by atoms with Gasteiger partial charge in [0, 0.05) is 44.4 Å². The number of hydrogen-bond donors (Lipinski definition) is 0. The lowest BCUT2D eigenvalue weighted by atomic mass is 10.1. The fourth-order valence-corrected chi connectivity index (χ4v) is 3.84. The van der Waals surface area contributed by atoms with Crippen LogP contribution in [0, 0.1) is 0 Å². The molecule has 3 aromatic rings. The van der Waals surface area contributed by atoms with Gasteiger partial charge in [-0.15, -0.1) is 0 Å². The minimum Gasteiger partial charge on any atom is -0.496 e. The van der Waals surface area contributed by atoms with Crippen molar-refractivity contribution in [2.75, 3.05) is 33.3 Å². The van der Waals surface area contributed by atoms with Crippen LogP contribution in [0.1, 0.15) is 23.7 Å². The van der Waals surface area contributed by atoms with Gasteiger partial charge in [0.2, 0.25) is 5.91 Å². The number of nitrogens with zero attached hydrogens (tertiary/aromatic N) is 4. The summed E-state index contributed by atoms with van der Waals surface area (Å²) in [6, 6.07) is 17.3. The van der Waals surface area contributed by atoms with Crippen LogP contribution in [0.2, 0.25) is 0 Å². The average molecular weight is 418 g/mol. The van der Waals surface area contributed by atoms with Crippen LogP contribution < -0.4 is 4.74 Å². The van der Waals surface area contributed by atoms with Crippen LogP contribution in [-0.4, -0.2) is 64.7 Å². The molecule has 0 atom stereocenters. The highest BCUT2D eigenvalue weighted by Crippen LogP contribution is 2.32. The van der Waals surface area contributed by atoms with Gasteiger partial charge in [-0.25, -0.2) is 4.68 Å². The number of carbonyl (C=O) groups excluding carboxylic acids is 2. The largest absolute Gasteiger partial charge is 0.496 e. The highest BCUT2D eigenvalue weighted by Gasteiger charge is 2.28. The number of hydrogen-bond acceptors (Lipinski definition) is 4. The number of para-hydroxylation sites is 2. The third kappa shape index (κ3) is 4.17. The van der Waals surface area contributed by atoms with Crippen LogP contribution >= 0.6 is 0 Å². The lowest BCUT2D eigenvalue weighted by Gasteiger charge is -2.34. The summed E-state index contributed by atoms with van der Waals surface area (Å²) in [4.78, 5) is 29.1. The summed E-state index contributed by atoms with van der Waals surface area (Å²) in [5.41, 5.74) is 2.74. The second-order valence-corrected chi connectivity index (χ2v) is 7.40. The van der Waals surface area contributed by atoms with E-state index in [1.165, 1.54) is 0 Å². The molecule has 31 heavy (non-hydrogen) atoms. The summed E-state index contributed by atoms with van der Waals surface area (Å²) in [5, 5.41) is 4.76. The Morgan fingerprint density at radius 2 is 1.58 bits per heavy atom. The van der Waals surface area contributed by atoms with E-state index in [0.29, 0.717) is 49.6 Å². The topological polar surface area (TPSA) is 67.7 Å². The number of piperazine rings is 1. The maximum absolute atomic E-state index is 13.5. The van der Waals surface area contributed by atoms with E-state index in [1.807, 2.05) is 66.4 Å². The van der Waals surface area contributed by atoms with Crippen LogP contribution in [-0.2, 0) is 4.79 Å². The number of methoxy groups -OCH3 is 1. The van der Waals surface area contributed by atoms with E-state index >= 15 is 0 Å². The van der Waals surface area contributed by atoms with E-state index in [2.05, 4.69) is 0 Å². The molecule has 0 radical (unpaired) electrons. The van der Waals surface area contributed by atoms with Crippen LogP contribution in [0.25, 0.3) is 16.9 Å². The van der Waals surface area contributed by atoms with Crippen molar-refractivity contribution in [3.8, 4) is 22.7 Å². The molecule has 4 rings (SSSR count). The number of benzene rings is 2. The maximum Gasteiger partial charge on any atom is 0.257 e. The summed E-state index contributed by atoms with van der Waals surface area (Å²) in [7, 11) is 1.61. The normalized spacial score (nSPS) is 13.9. The van der Waals surface area contributed by atoms with E-state index in [4.69, 9.17) is 9.84 Å². The van der Waals surface area contributed by atoms with Gasteiger partial charge >= 0.3 is 0 Å². The van der Waals surface area contributed by atoms with Crippen molar-refractivity contribution in [1.82, 2.24) is 19.6 Å². The number of aromatic nitrogens is 2. The van der Waals surface area contributed by atoms with Gasteiger partial charge in [0.05, 0.1) is 18.4 Å². The van der Waals surface area contributed by atoms with E-state index in [9.17, 15) is 9.59 Å². The van der Waals surface area contributed by atoms with Crippen molar-refractivity contribution in [3.05, 3.63) is 66.4 Å². The predicted molar refractivity (Wildman–Crippen MR) is 118 cm³/mol. The molecule has 1 saturated heterocycles. The molecule has 2 heterocycles. The van der Waals surface area contributed by atoms with Crippen LogP contribution in [0.3, 0.4) is 0 Å². The van der Waals surface area contributed by atoms with Crippen molar-refractivity contribution in [2.24, 2.45) is 0 Å². The predicted octanol–water partition coefficient (Wildman–Crippen LogP) is 3.24. The van der Waals surface area contributed by atoms with Crippen molar-refractivity contribution in [1.29, 1.82) is 0 Å². The number of rotatable bonds is 5. The van der Waals surface area contributed by atoms with Crippen LogP contribution in [0.5, 0.6) is 5.75 Å². The molecule has 0 saturated carbocycles. The van der Waals surface area contributed by atoms with E-state index < -0.39 is 0 Å². The van der Waals surface area contributed by atoms with Crippen molar-refractivity contribution in [2.45, 2.75) is 13.3 Å².